The number of anilines is 2. The molecule has 0 atom stereocenters. The Morgan fingerprint density at radius 1 is 1.62 bits per heavy atom. The molecule has 0 aromatic carbocycles. The first kappa shape index (κ1) is 9.31. The second-order valence-corrected chi connectivity index (χ2v) is 2.80. The number of primary amides is 1. The lowest BCUT2D eigenvalue weighted by Crippen LogP contribution is -2.30. The van der Waals surface area contributed by atoms with Gasteiger partial charge in [-0.3, -0.25) is 9.78 Å². The molecule has 0 unspecified atom stereocenters. The summed E-state index contributed by atoms with van der Waals surface area (Å²) in [6.45, 7) is 0.158. The molecule has 0 saturated heterocycles. The van der Waals surface area contributed by atoms with Gasteiger partial charge in [0.2, 0.25) is 5.91 Å². The molecule has 13 heavy (non-hydrogen) atoms. The summed E-state index contributed by atoms with van der Waals surface area (Å²) >= 11 is 0. The molecule has 1 aromatic heterocycles. The number of rotatable bonds is 3. The third-order valence-corrected chi connectivity index (χ3v) is 1.58. The second-order valence-electron chi connectivity index (χ2n) is 2.80. The van der Waals surface area contributed by atoms with Crippen LogP contribution in [0.3, 0.4) is 0 Å². The summed E-state index contributed by atoms with van der Waals surface area (Å²) in [5, 5.41) is 0. The van der Waals surface area contributed by atoms with Crippen LogP contribution in [0.2, 0.25) is 0 Å². The SMILES string of the molecule is CN(CC(N)=O)c1cncc(N)c1. The average molecular weight is 180 g/mol. The maximum atomic E-state index is 10.6. The normalized spacial score (nSPS) is 9.62. The monoisotopic (exact) mass is 180 g/mol. The Kier molecular flexibility index (Phi) is 2.69. The number of pyridine rings is 1. The highest BCUT2D eigenvalue weighted by molar-refractivity contribution is 5.79. The number of amides is 1. The van der Waals surface area contributed by atoms with Gasteiger partial charge in [-0.25, -0.2) is 0 Å². The van der Waals surface area contributed by atoms with E-state index in [1.807, 2.05) is 0 Å². The molecule has 0 spiro atoms. The summed E-state index contributed by atoms with van der Waals surface area (Å²) in [6, 6.07) is 1.73. The Morgan fingerprint density at radius 2 is 2.31 bits per heavy atom. The van der Waals surface area contributed by atoms with E-state index in [4.69, 9.17) is 11.5 Å². The first-order chi connectivity index (χ1) is 6.09. The van der Waals surface area contributed by atoms with Crippen LogP contribution in [-0.4, -0.2) is 24.5 Å². The van der Waals surface area contributed by atoms with Crippen LogP contribution in [0.4, 0.5) is 11.4 Å². The highest BCUT2D eigenvalue weighted by atomic mass is 16.1. The second kappa shape index (κ2) is 3.75. The predicted molar refractivity (Wildman–Crippen MR) is 51.1 cm³/mol. The molecule has 1 heterocycles. The van der Waals surface area contributed by atoms with E-state index in [0.29, 0.717) is 5.69 Å². The van der Waals surface area contributed by atoms with E-state index in [1.54, 1.807) is 30.4 Å². The highest BCUT2D eigenvalue weighted by Crippen LogP contribution is 2.13. The molecule has 0 aliphatic carbocycles. The predicted octanol–water partition coefficient (Wildman–Crippen LogP) is -0.415. The lowest BCUT2D eigenvalue weighted by atomic mass is 10.3. The Balaban J connectivity index is 2.76. The summed E-state index contributed by atoms with van der Waals surface area (Å²) in [5.74, 6) is -0.384. The van der Waals surface area contributed by atoms with Gasteiger partial charge in [0.15, 0.2) is 0 Å². The van der Waals surface area contributed by atoms with Crippen molar-refractivity contribution < 1.29 is 4.79 Å². The third kappa shape index (κ3) is 2.62. The first-order valence-corrected chi connectivity index (χ1v) is 3.79. The van der Waals surface area contributed by atoms with Gasteiger partial charge in [0.25, 0.3) is 0 Å². The van der Waals surface area contributed by atoms with Crippen LogP contribution in [-0.2, 0) is 4.79 Å². The fourth-order valence-corrected chi connectivity index (χ4v) is 0.979. The maximum Gasteiger partial charge on any atom is 0.236 e. The minimum Gasteiger partial charge on any atom is -0.397 e. The highest BCUT2D eigenvalue weighted by Gasteiger charge is 2.03. The Bertz CT molecular complexity index is 313. The van der Waals surface area contributed by atoms with Gasteiger partial charge < -0.3 is 16.4 Å². The molecule has 4 N–H and O–H groups in total. The smallest absolute Gasteiger partial charge is 0.236 e. The Hall–Kier alpha value is -1.78. The van der Waals surface area contributed by atoms with Crippen LogP contribution in [0.15, 0.2) is 18.5 Å². The fourth-order valence-electron chi connectivity index (χ4n) is 0.979. The van der Waals surface area contributed by atoms with Gasteiger partial charge in [0.05, 0.1) is 24.1 Å². The van der Waals surface area contributed by atoms with Crippen molar-refractivity contribution in [1.29, 1.82) is 0 Å². The van der Waals surface area contributed by atoms with Crippen molar-refractivity contribution in [3.05, 3.63) is 18.5 Å². The van der Waals surface area contributed by atoms with Gasteiger partial charge in [0, 0.05) is 13.2 Å². The van der Waals surface area contributed by atoms with Gasteiger partial charge in [-0.15, -0.1) is 0 Å². The van der Waals surface area contributed by atoms with Crippen LogP contribution >= 0.6 is 0 Å². The van der Waals surface area contributed by atoms with Crippen molar-refractivity contribution >= 4 is 17.3 Å². The van der Waals surface area contributed by atoms with E-state index >= 15 is 0 Å². The van der Waals surface area contributed by atoms with Gasteiger partial charge >= 0.3 is 0 Å². The van der Waals surface area contributed by atoms with E-state index in [9.17, 15) is 4.79 Å². The van der Waals surface area contributed by atoms with E-state index in [2.05, 4.69) is 4.98 Å². The molecular formula is C8H12N4O. The van der Waals surface area contributed by atoms with Crippen molar-refractivity contribution in [2.45, 2.75) is 0 Å². The number of nitrogen functional groups attached to an aromatic ring is 1. The topological polar surface area (TPSA) is 85.2 Å². The third-order valence-electron chi connectivity index (χ3n) is 1.58. The zero-order valence-corrected chi connectivity index (χ0v) is 7.40. The van der Waals surface area contributed by atoms with E-state index in [1.165, 1.54) is 0 Å². The summed E-state index contributed by atoms with van der Waals surface area (Å²) in [6.07, 6.45) is 3.17. The summed E-state index contributed by atoms with van der Waals surface area (Å²) in [4.78, 5) is 16.2. The molecule has 70 valence electrons. The van der Waals surface area contributed by atoms with Crippen molar-refractivity contribution in [1.82, 2.24) is 4.98 Å². The molecule has 0 aliphatic rings. The summed E-state index contributed by atoms with van der Waals surface area (Å²) < 4.78 is 0. The van der Waals surface area contributed by atoms with Crippen molar-refractivity contribution in [3.63, 3.8) is 0 Å². The molecule has 0 fully saturated rings. The van der Waals surface area contributed by atoms with Gasteiger partial charge in [-0.05, 0) is 6.07 Å². The quantitative estimate of drug-likeness (QED) is 0.661. The maximum absolute atomic E-state index is 10.6. The van der Waals surface area contributed by atoms with Crippen LogP contribution in [0, 0.1) is 0 Å². The summed E-state index contributed by atoms with van der Waals surface area (Å²) in [7, 11) is 1.75. The molecule has 0 saturated carbocycles. The lowest BCUT2D eigenvalue weighted by Gasteiger charge is -2.16. The minimum atomic E-state index is -0.384. The molecule has 1 aromatic rings. The molecule has 0 radical (unpaired) electrons. The minimum absolute atomic E-state index is 0.158. The van der Waals surface area contributed by atoms with Gasteiger partial charge in [0.1, 0.15) is 0 Å². The molecular weight excluding hydrogens is 168 g/mol. The van der Waals surface area contributed by atoms with Gasteiger partial charge in [-0.1, -0.05) is 0 Å². The number of nitrogens with zero attached hydrogens (tertiary/aromatic N) is 2. The molecule has 5 heteroatoms. The van der Waals surface area contributed by atoms with Crippen molar-refractivity contribution in [2.75, 3.05) is 24.2 Å². The van der Waals surface area contributed by atoms with Crippen LogP contribution in [0.1, 0.15) is 0 Å². The zero-order chi connectivity index (χ0) is 9.84. The Labute approximate surface area is 76.3 Å². The molecule has 5 nitrogen and oxygen atoms in total. The molecule has 1 amide bonds. The number of carbonyl (C=O) groups is 1. The van der Waals surface area contributed by atoms with E-state index in [0.717, 1.165) is 5.69 Å². The molecule has 0 aliphatic heterocycles. The van der Waals surface area contributed by atoms with Crippen LogP contribution in [0.5, 0.6) is 0 Å². The zero-order valence-electron chi connectivity index (χ0n) is 7.40. The Morgan fingerprint density at radius 3 is 2.85 bits per heavy atom. The number of likely N-dealkylation sites (N-methyl/N-ethyl adjacent to an activating group) is 1. The molecule has 0 bridgehead atoms. The van der Waals surface area contributed by atoms with Crippen LogP contribution < -0.4 is 16.4 Å². The van der Waals surface area contributed by atoms with Crippen molar-refractivity contribution in [2.24, 2.45) is 5.73 Å². The van der Waals surface area contributed by atoms with E-state index in [-0.39, 0.29) is 12.5 Å². The average Bonchev–Trinajstić information content (AvgIpc) is 2.03. The number of nitrogens with two attached hydrogens (primary N) is 2. The number of carbonyl (C=O) groups excluding carboxylic acids is 1. The largest absolute Gasteiger partial charge is 0.397 e. The summed E-state index contributed by atoms with van der Waals surface area (Å²) in [5.41, 5.74) is 11.9. The van der Waals surface area contributed by atoms with E-state index < -0.39 is 0 Å². The molecule has 1 rings (SSSR count). The van der Waals surface area contributed by atoms with Crippen LogP contribution in [0.25, 0.3) is 0 Å². The number of hydrogen-bond acceptors (Lipinski definition) is 4. The number of hydrogen-bond donors (Lipinski definition) is 2. The number of aromatic nitrogens is 1. The van der Waals surface area contributed by atoms with Crippen molar-refractivity contribution in [3.8, 4) is 0 Å². The fraction of sp³-hybridized carbons (Fsp3) is 0.250. The first-order valence-electron chi connectivity index (χ1n) is 3.79. The standard InChI is InChI=1S/C8H12N4O/c1-12(5-8(10)13)7-2-6(9)3-11-4-7/h2-4H,5,9H2,1H3,(H2,10,13). The lowest BCUT2D eigenvalue weighted by molar-refractivity contribution is -0.116. The van der Waals surface area contributed by atoms with Gasteiger partial charge in [-0.2, -0.15) is 0 Å².